The predicted octanol–water partition coefficient (Wildman–Crippen LogP) is 3.59. The summed E-state index contributed by atoms with van der Waals surface area (Å²) in [6.07, 6.45) is 1.80. The minimum atomic E-state index is -0.0444. The molecule has 1 aliphatic heterocycles. The number of carbonyl (C=O) groups is 1. The summed E-state index contributed by atoms with van der Waals surface area (Å²) in [6.45, 7) is 2.96. The minimum Gasteiger partial charge on any atom is -0.353 e. The Kier molecular flexibility index (Phi) is 4.21. The van der Waals surface area contributed by atoms with E-state index >= 15 is 0 Å². The molecular weight excluding hydrogens is 312 g/mol. The van der Waals surface area contributed by atoms with Crippen LogP contribution in [0.1, 0.15) is 0 Å². The van der Waals surface area contributed by atoms with E-state index < -0.39 is 0 Å². The SMILES string of the molecule is O=C(Nc1cccc2ccccc12)N1CCN(c2ccccn2)CC1. The van der Waals surface area contributed by atoms with Crippen LogP contribution in [0, 0.1) is 0 Å². The number of fused-ring (bicyclic) bond motifs is 1. The normalized spacial score (nSPS) is 14.6. The zero-order valence-electron chi connectivity index (χ0n) is 13.9. The average Bonchev–Trinajstić information content (AvgIpc) is 2.69. The van der Waals surface area contributed by atoms with E-state index in [2.05, 4.69) is 27.3 Å². The van der Waals surface area contributed by atoms with Gasteiger partial charge in [0.1, 0.15) is 5.82 Å². The molecule has 0 atom stereocenters. The molecule has 3 aromatic rings. The topological polar surface area (TPSA) is 48.5 Å². The fraction of sp³-hybridized carbons (Fsp3) is 0.200. The number of hydrogen-bond acceptors (Lipinski definition) is 3. The van der Waals surface area contributed by atoms with Crippen molar-refractivity contribution in [3.05, 3.63) is 66.9 Å². The van der Waals surface area contributed by atoms with E-state index in [1.54, 1.807) is 6.20 Å². The molecule has 25 heavy (non-hydrogen) atoms. The molecule has 0 bridgehead atoms. The third kappa shape index (κ3) is 3.26. The van der Waals surface area contributed by atoms with E-state index in [1.165, 1.54) is 0 Å². The van der Waals surface area contributed by atoms with Crippen LogP contribution in [-0.2, 0) is 0 Å². The number of urea groups is 1. The van der Waals surface area contributed by atoms with Crippen LogP contribution in [0.25, 0.3) is 10.8 Å². The molecule has 0 spiro atoms. The number of piperazine rings is 1. The smallest absolute Gasteiger partial charge is 0.321 e. The van der Waals surface area contributed by atoms with Crippen molar-refractivity contribution < 1.29 is 4.79 Å². The first-order valence-electron chi connectivity index (χ1n) is 8.51. The Labute approximate surface area is 146 Å². The van der Waals surface area contributed by atoms with Crippen molar-refractivity contribution >= 4 is 28.3 Å². The summed E-state index contributed by atoms with van der Waals surface area (Å²) < 4.78 is 0. The predicted molar refractivity (Wildman–Crippen MR) is 101 cm³/mol. The molecule has 1 N–H and O–H groups in total. The van der Waals surface area contributed by atoms with E-state index in [1.807, 2.05) is 53.4 Å². The average molecular weight is 332 g/mol. The van der Waals surface area contributed by atoms with Gasteiger partial charge in [0.05, 0.1) is 5.69 Å². The largest absolute Gasteiger partial charge is 0.353 e. The van der Waals surface area contributed by atoms with Crippen molar-refractivity contribution in [2.45, 2.75) is 0 Å². The van der Waals surface area contributed by atoms with Gasteiger partial charge < -0.3 is 15.1 Å². The summed E-state index contributed by atoms with van der Waals surface area (Å²) in [7, 11) is 0. The number of benzene rings is 2. The van der Waals surface area contributed by atoms with Crippen LogP contribution in [-0.4, -0.2) is 42.1 Å². The van der Waals surface area contributed by atoms with E-state index in [0.717, 1.165) is 35.4 Å². The number of nitrogens with zero attached hydrogens (tertiary/aromatic N) is 3. The van der Waals surface area contributed by atoms with Gasteiger partial charge in [0, 0.05) is 37.8 Å². The molecule has 4 rings (SSSR count). The van der Waals surface area contributed by atoms with Crippen molar-refractivity contribution in [3.8, 4) is 0 Å². The van der Waals surface area contributed by atoms with Gasteiger partial charge in [-0.15, -0.1) is 0 Å². The summed E-state index contributed by atoms with van der Waals surface area (Å²) in [6, 6.07) is 19.9. The van der Waals surface area contributed by atoms with Crippen LogP contribution in [0.5, 0.6) is 0 Å². The zero-order chi connectivity index (χ0) is 17.1. The molecule has 1 aromatic heterocycles. The zero-order valence-corrected chi connectivity index (χ0v) is 13.9. The molecule has 1 aliphatic rings. The van der Waals surface area contributed by atoms with Crippen LogP contribution in [0.4, 0.5) is 16.3 Å². The fourth-order valence-corrected chi connectivity index (χ4v) is 3.21. The standard InChI is InChI=1S/C20H20N4O/c25-20(22-18-9-5-7-16-6-1-2-8-17(16)18)24-14-12-23(13-15-24)19-10-3-4-11-21-19/h1-11H,12-15H2,(H,22,25). The van der Waals surface area contributed by atoms with E-state index in [4.69, 9.17) is 0 Å². The molecule has 5 heteroatoms. The third-order valence-corrected chi connectivity index (χ3v) is 4.57. The van der Waals surface area contributed by atoms with Gasteiger partial charge in [0.2, 0.25) is 0 Å². The van der Waals surface area contributed by atoms with Gasteiger partial charge in [0.25, 0.3) is 0 Å². The molecule has 1 saturated heterocycles. The summed E-state index contributed by atoms with van der Waals surface area (Å²) in [4.78, 5) is 21.1. The van der Waals surface area contributed by atoms with E-state index in [9.17, 15) is 4.79 Å². The lowest BCUT2D eigenvalue weighted by molar-refractivity contribution is 0.208. The Balaban J connectivity index is 1.42. The highest BCUT2D eigenvalue weighted by atomic mass is 16.2. The Hall–Kier alpha value is -3.08. The van der Waals surface area contributed by atoms with Gasteiger partial charge in [-0.1, -0.05) is 42.5 Å². The van der Waals surface area contributed by atoms with Crippen LogP contribution >= 0.6 is 0 Å². The van der Waals surface area contributed by atoms with Gasteiger partial charge >= 0.3 is 6.03 Å². The molecule has 0 saturated carbocycles. The number of pyridine rings is 1. The van der Waals surface area contributed by atoms with Gasteiger partial charge in [-0.25, -0.2) is 9.78 Å². The van der Waals surface area contributed by atoms with Crippen LogP contribution in [0.3, 0.4) is 0 Å². The molecule has 0 aliphatic carbocycles. The van der Waals surface area contributed by atoms with Crippen molar-refractivity contribution in [1.82, 2.24) is 9.88 Å². The number of nitrogens with one attached hydrogen (secondary N) is 1. The molecule has 126 valence electrons. The Morgan fingerprint density at radius 1 is 0.880 bits per heavy atom. The van der Waals surface area contributed by atoms with Crippen molar-refractivity contribution in [2.24, 2.45) is 0 Å². The molecule has 2 heterocycles. The van der Waals surface area contributed by atoms with Crippen LogP contribution in [0.15, 0.2) is 66.9 Å². The van der Waals surface area contributed by atoms with Crippen molar-refractivity contribution in [1.29, 1.82) is 0 Å². The van der Waals surface area contributed by atoms with Gasteiger partial charge in [-0.2, -0.15) is 0 Å². The molecule has 0 radical (unpaired) electrons. The van der Waals surface area contributed by atoms with Crippen molar-refractivity contribution in [2.75, 3.05) is 36.4 Å². The Morgan fingerprint density at radius 3 is 2.44 bits per heavy atom. The first kappa shape index (κ1) is 15.4. The number of anilines is 2. The quantitative estimate of drug-likeness (QED) is 0.780. The maximum absolute atomic E-state index is 12.6. The third-order valence-electron chi connectivity index (χ3n) is 4.57. The number of rotatable bonds is 2. The number of amides is 2. The van der Waals surface area contributed by atoms with Gasteiger partial charge in [0.15, 0.2) is 0 Å². The van der Waals surface area contributed by atoms with Gasteiger partial charge in [-0.05, 0) is 23.6 Å². The highest BCUT2D eigenvalue weighted by Crippen LogP contribution is 2.23. The summed E-state index contributed by atoms with van der Waals surface area (Å²) >= 11 is 0. The lowest BCUT2D eigenvalue weighted by Crippen LogP contribution is -2.50. The Bertz CT molecular complexity index is 868. The van der Waals surface area contributed by atoms with Crippen LogP contribution in [0.2, 0.25) is 0 Å². The number of aromatic nitrogens is 1. The fourth-order valence-electron chi connectivity index (χ4n) is 3.21. The molecule has 5 nitrogen and oxygen atoms in total. The highest BCUT2D eigenvalue weighted by Gasteiger charge is 2.22. The maximum atomic E-state index is 12.6. The number of carbonyl (C=O) groups excluding carboxylic acids is 1. The van der Waals surface area contributed by atoms with Crippen LogP contribution < -0.4 is 10.2 Å². The van der Waals surface area contributed by atoms with Crippen molar-refractivity contribution in [3.63, 3.8) is 0 Å². The molecule has 0 unspecified atom stereocenters. The summed E-state index contributed by atoms with van der Waals surface area (Å²) in [5.74, 6) is 0.969. The second-order valence-corrected chi connectivity index (χ2v) is 6.12. The highest BCUT2D eigenvalue weighted by molar-refractivity contribution is 6.01. The first-order valence-corrected chi connectivity index (χ1v) is 8.51. The monoisotopic (exact) mass is 332 g/mol. The molecule has 2 amide bonds. The maximum Gasteiger partial charge on any atom is 0.321 e. The van der Waals surface area contributed by atoms with E-state index in [0.29, 0.717) is 13.1 Å². The summed E-state index contributed by atoms with van der Waals surface area (Å²) in [5, 5.41) is 5.25. The second-order valence-electron chi connectivity index (χ2n) is 6.12. The first-order chi connectivity index (χ1) is 12.3. The van der Waals surface area contributed by atoms with E-state index in [-0.39, 0.29) is 6.03 Å². The summed E-state index contributed by atoms with van der Waals surface area (Å²) in [5.41, 5.74) is 0.857. The molecule has 2 aromatic carbocycles. The lowest BCUT2D eigenvalue weighted by Gasteiger charge is -2.35. The molecular formula is C20H20N4O. The molecule has 1 fully saturated rings. The van der Waals surface area contributed by atoms with Gasteiger partial charge in [-0.3, -0.25) is 0 Å². The second kappa shape index (κ2) is 6.81. The lowest BCUT2D eigenvalue weighted by atomic mass is 10.1. The number of hydrogen-bond donors (Lipinski definition) is 1. The Morgan fingerprint density at radius 2 is 1.64 bits per heavy atom. The minimum absolute atomic E-state index is 0.0444.